The van der Waals surface area contributed by atoms with E-state index in [1.165, 1.54) is 11.8 Å². The molecule has 3 aliphatic rings. The molecule has 1 aliphatic carbocycles. The van der Waals surface area contributed by atoms with Gasteiger partial charge in [-0.05, 0) is 101 Å². The summed E-state index contributed by atoms with van der Waals surface area (Å²) in [7, 11) is 0. The fourth-order valence-corrected chi connectivity index (χ4v) is 9.12. The quantitative estimate of drug-likeness (QED) is 0.125. The third kappa shape index (κ3) is 11.0. The highest BCUT2D eigenvalue weighted by molar-refractivity contribution is 6.32. The number of aryl methyl sites for hydroxylation is 1. The molecule has 0 radical (unpaired) electrons. The summed E-state index contributed by atoms with van der Waals surface area (Å²) in [6, 6.07) is 15.2. The Balaban J connectivity index is 1.23. The molecular formula is C48H60ClN5O6. The molecule has 6 rings (SSSR count). The molecule has 2 saturated heterocycles. The van der Waals surface area contributed by atoms with Crippen molar-refractivity contribution < 1.29 is 28.9 Å². The molecule has 0 saturated carbocycles. The van der Waals surface area contributed by atoms with Crippen LogP contribution in [0.2, 0.25) is 5.02 Å². The van der Waals surface area contributed by atoms with Gasteiger partial charge in [0.25, 0.3) is 0 Å². The van der Waals surface area contributed by atoms with E-state index in [0.717, 1.165) is 87.1 Å². The number of ether oxygens (including phenoxy) is 3. The first-order chi connectivity index (χ1) is 29.0. The zero-order chi connectivity index (χ0) is 42.6. The highest BCUT2D eigenvalue weighted by Crippen LogP contribution is 2.42. The molecule has 3 unspecified atom stereocenters. The third-order valence-corrected chi connectivity index (χ3v) is 12.7. The molecule has 1 N–H and O–H groups in total. The summed E-state index contributed by atoms with van der Waals surface area (Å²) in [5, 5.41) is 19.9. The van der Waals surface area contributed by atoms with Crippen LogP contribution in [0.4, 0.5) is 0 Å². The van der Waals surface area contributed by atoms with Crippen LogP contribution in [0.5, 0.6) is 11.5 Å². The summed E-state index contributed by atoms with van der Waals surface area (Å²) >= 11 is 7.04. The largest absolute Gasteiger partial charge is 0.489 e. The van der Waals surface area contributed by atoms with Crippen LogP contribution in [0.3, 0.4) is 0 Å². The number of rotatable bonds is 18. The molecule has 2 aliphatic heterocycles. The molecule has 4 atom stereocenters. The lowest BCUT2D eigenvalue weighted by molar-refractivity contribution is -0.145. The van der Waals surface area contributed by atoms with Gasteiger partial charge in [-0.2, -0.15) is 5.26 Å². The van der Waals surface area contributed by atoms with Crippen molar-refractivity contribution in [1.29, 1.82) is 5.26 Å². The molecule has 1 aromatic heterocycles. The lowest BCUT2D eigenvalue weighted by Crippen LogP contribution is -2.46. The van der Waals surface area contributed by atoms with Crippen LogP contribution in [0.1, 0.15) is 87.1 Å². The van der Waals surface area contributed by atoms with Crippen LogP contribution in [0.15, 0.2) is 73.1 Å². The van der Waals surface area contributed by atoms with Gasteiger partial charge >= 0.3 is 5.97 Å². The first-order valence-corrected chi connectivity index (χ1v) is 21.9. The zero-order valence-corrected chi connectivity index (χ0v) is 36.3. The number of carboxylic acids is 1. The number of carbonyl (C=O) groups is 2. The molecule has 60 heavy (non-hydrogen) atoms. The van der Waals surface area contributed by atoms with Crippen molar-refractivity contribution in [2.24, 2.45) is 11.8 Å². The van der Waals surface area contributed by atoms with Gasteiger partial charge in [-0.1, -0.05) is 61.4 Å². The fourth-order valence-electron chi connectivity index (χ4n) is 8.88. The smallest absolute Gasteiger partial charge is 0.320 e. The molecule has 12 heteroatoms. The molecule has 0 bridgehead atoms. The van der Waals surface area contributed by atoms with Gasteiger partial charge in [-0.15, -0.1) is 0 Å². The summed E-state index contributed by atoms with van der Waals surface area (Å²) in [6.45, 7) is 14.2. The average Bonchev–Trinajstić information content (AvgIpc) is 3.26. The first kappa shape index (κ1) is 44.8. The fraction of sp³-hybridized carbons (Fsp3) is 0.500. The van der Waals surface area contributed by atoms with Crippen molar-refractivity contribution in [1.82, 2.24) is 19.7 Å². The number of nitrogens with zero attached hydrogens (tertiary/aromatic N) is 5. The average molecular weight is 838 g/mol. The van der Waals surface area contributed by atoms with Crippen molar-refractivity contribution >= 4 is 29.1 Å². The predicted octanol–water partition coefficient (Wildman–Crippen LogP) is 8.33. The Kier molecular flexibility index (Phi) is 15.8. The minimum Gasteiger partial charge on any atom is -0.489 e. The molecular weight excluding hydrogens is 778 g/mol. The molecule has 3 aromatic rings. The van der Waals surface area contributed by atoms with Gasteiger partial charge in [0.15, 0.2) is 0 Å². The second-order valence-electron chi connectivity index (χ2n) is 16.3. The number of likely N-dealkylation sites (tertiary alicyclic amines) is 2. The van der Waals surface area contributed by atoms with Crippen LogP contribution < -0.4 is 9.47 Å². The van der Waals surface area contributed by atoms with Crippen LogP contribution in [-0.2, 0) is 27.5 Å². The monoisotopic (exact) mass is 837 g/mol. The number of aliphatic carboxylic acids is 1. The predicted molar refractivity (Wildman–Crippen MR) is 234 cm³/mol. The summed E-state index contributed by atoms with van der Waals surface area (Å²) in [5.41, 5.74) is 4.53. The third-order valence-electron chi connectivity index (χ3n) is 12.4. The van der Waals surface area contributed by atoms with Crippen LogP contribution in [0.25, 0.3) is 5.57 Å². The van der Waals surface area contributed by atoms with Crippen molar-refractivity contribution in [3.05, 3.63) is 106 Å². The minimum atomic E-state index is -0.843. The maximum Gasteiger partial charge on any atom is 0.320 e. The normalized spacial score (nSPS) is 22.1. The van der Waals surface area contributed by atoms with Gasteiger partial charge in [0.2, 0.25) is 5.91 Å². The molecule has 1 amide bonds. The molecule has 3 heterocycles. The van der Waals surface area contributed by atoms with E-state index < -0.39 is 17.6 Å². The van der Waals surface area contributed by atoms with Gasteiger partial charge in [-0.3, -0.25) is 19.5 Å². The van der Waals surface area contributed by atoms with E-state index in [2.05, 4.69) is 66.2 Å². The van der Waals surface area contributed by atoms with Crippen LogP contribution >= 0.6 is 11.6 Å². The Labute approximate surface area is 360 Å². The van der Waals surface area contributed by atoms with Crippen molar-refractivity contribution in [2.75, 3.05) is 52.5 Å². The summed E-state index contributed by atoms with van der Waals surface area (Å²) in [5.74, 6) is 0.289. The Morgan fingerprint density at radius 2 is 1.87 bits per heavy atom. The van der Waals surface area contributed by atoms with Crippen molar-refractivity contribution in [2.45, 2.75) is 91.0 Å². The summed E-state index contributed by atoms with van der Waals surface area (Å²) in [4.78, 5) is 35.9. The number of carboxylic acid groups (broad SMARTS) is 1. The topological polar surface area (TPSA) is 128 Å². The van der Waals surface area contributed by atoms with E-state index in [1.807, 2.05) is 35.8 Å². The number of allylic oxidation sites excluding steroid dienone is 2. The van der Waals surface area contributed by atoms with Crippen LogP contribution in [-0.4, -0.2) is 101 Å². The van der Waals surface area contributed by atoms with E-state index in [0.29, 0.717) is 48.2 Å². The Hall–Kier alpha value is -4.73. The number of hydrogen-bond donors (Lipinski definition) is 1. The Morgan fingerprint density at radius 1 is 1.05 bits per heavy atom. The number of halogens is 1. The number of amides is 1. The minimum absolute atomic E-state index is 0.0326. The molecule has 0 spiro atoms. The van der Waals surface area contributed by atoms with Gasteiger partial charge < -0.3 is 29.1 Å². The lowest BCUT2D eigenvalue weighted by Gasteiger charge is -2.40. The highest BCUT2D eigenvalue weighted by atomic mass is 35.5. The lowest BCUT2D eigenvalue weighted by atomic mass is 9.76. The number of nitriles is 1. The second kappa shape index (κ2) is 21.2. The number of carbonyl (C=O) groups excluding carboxylic acids is 1. The van der Waals surface area contributed by atoms with E-state index in [9.17, 15) is 20.0 Å². The maximum absolute atomic E-state index is 13.2. The highest BCUT2D eigenvalue weighted by Gasteiger charge is 2.41. The summed E-state index contributed by atoms with van der Waals surface area (Å²) in [6.07, 6.45) is 14.5. The van der Waals surface area contributed by atoms with E-state index in [1.54, 1.807) is 18.3 Å². The van der Waals surface area contributed by atoms with Gasteiger partial charge in [-0.25, -0.2) is 0 Å². The van der Waals surface area contributed by atoms with Gasteiger partial charge in [0, 0.05) is 74.8 Å². The van der Waals surface area contributed by atoms with Gasteiger partial charge in [0.05, 0.1) is 16.5 Å². The molecule has 11 nitrogen and oxygen atoms in total. The summed E-state index contributed by atoms with van der Waals surface area (Å²) < 4.78 is 20.1. The van der Waals surface area contributed by atoms with E-state index in [-0.39, 0.29) is 31.0 Å². The van der Waals surface area contributed by atoms with E-state index in [4.69, 9.17) is 25.8 Å². The molecule has 2 fully saturated rings. The zero-order valence-electron chi connectivity index (χ0n) is 35.6. The molecule has 320 valence electrons. The van der Waals surface area contributed by atoms with Crippen molar-refractivity contribution in [3.63, 3.8) is 0 Å². The Bertz CT molecular complexity index is 2060. The standard InChI is InChI=1S/C48H60ClN5O6/c1-5-53(6-2)46(55)38-15-12-20-52(30-38)21-13-23-60-48(19-11-17-41(35(48)4)40-16-8-7-14-34(40)3)33-59-45-26-44(58-32-37-24-36(27-50)28-51-29-37)39(25-42(45)49)31-54-22-10-9-18-43(54)47(56)57/h7-8,11,14,16-17,19,24-26,28-29,35,38,43H,5-6,9-10,12-13,15,18,20-23,30-33H2,1-4H3,(H,56,57)/t35?,38?,43-,48?/m0/s1. The molecule has 2 aromatic carbocycles. The maximum atomic E-state index is 13.2. The van der Waals surface area contributed by atoms with Crippen molar-refractivity contribution in [3.8, 4) is 17.6 Å². The number of benzene rings is 2. The second-order valence-corrected chi connectivity index (χ2v) is 16.7. The number of pyridine rings is 1. The first-order valence-electron chi connectivity index (χ1n) is 21.5. The number of aromatic nitrogens is 1. The van der Waals surface area contributed by atoms with Gasteiger partial charge in [0.1, 0.15) is 42.4 Å². The van der Waals surface area contributed by atoms with E-state index >= 15 is 0 Å². The van der Waals surface area contributed by atoms with Crippen LogP contribution in [0, 0.1) is 30.1 Å². The SMILES string of the molecule is CCN(CC)C(=O)C1CCCN(CCCOC2(COc3cc(OCc4cncc(C#N)c4)c(CN4CCCC[C@H]4C(=O)O)cc3Cl)C=CC=C(c3ccccc3C)C2C)C1. The Morgan fingerprint density at radius 3 is 2.63 bits per heavy atom. The number of hydrogen-bond acceptors (Lipinski definition) is 9. The number of piperidine rings is 2.